The number of nitrogens with one attached hydrogen (secondary N) is 2. The topological polar surface area (TPSA) is 67.0 Å². The number of nitrogens with zero attached hydrogens (tertiary/aromatic N) is 1. The van der Waals surface area contributed by atoms with Crippen LogP contribution >= 0.6 is 0 Å². The second-order valence-electron chi connectivity index (χ2n) is 4.56. The summed E-state index contributed by atoms with van der Waals surface area (Å²) in [6.45, 7) is 4.16. The molecule has 0 saturated heterocycles. The van der Waals surface area contributed by atoms with E-state index in [2.05, 4.69) is 15.5 Å². The first kappa shape index (κ1) is 14.3. The van der Waals surface area contributed by atoms with Crippen molar-refractivity contribution in [2.75, 3.05) is 5.32 Å². The number of amides is 1. The van der Waals surface area contributed by atoms with Crippen LogP contribution in [0, 0.1) is 0 Å². The molecule has 1 aromatic carbocycles. The number of benzene rings is 1. The molecule has 0 aliphatic heterocycles. The number of H-pyrrole nitrogens is 1. The van der Waals surface area contributed by atoms with E-state index in [0.717, 1.165) is 17.7 Å². The van der Waals surface area contributed by atoms with Crippen LogP contribution in [0.25, 0.3) is 0 Å². The van der Waals surface area contributed by atoms with Gasteiger partial charge in [0.15, 0.2) is 5.82 Å². The van der Waals surface area contributed by atoms with Crippen LogP contribution in [0.3, 0.4) is 0 Å². The Morgan fingerprint density at radius 2 is 2.15 bits per heavy atom. The molecular weight excluding hydrogens is 254 g/mol. The highest BCUT2D eigenvalue weighted by Crippen LogP contribution is 2.08. The Balaban J connectivity index is 1.82. The van der Waals surface area contributed by atoms with E-state index in [9.17, 15) is 4.79 Å². The van der Waals surface area contributed by atoms with E-state index in [1.54, 1.807) is 6.92 Å². The summed E-state index contributed by atoms with van der Waals surface area (Å²) in [7, 11) is 0. The summed E-state index contributed by atoms with van der Waals surface area (Å²) in [6, 6.07) is 11.6. The van der Waals surface area contributed by atoms with Gasteiger partial charge in [-0.1, -0.05) is 37.3 Å². The van der Waals surface area contributed by atoms with Crippen molar-refractivity contribution in [3.8, 4) is 0 Å². The zero-order valence-corrected chi connectivity index (χ0v) is 11.7. The van der Waals surface area contributed by atoms with Crippen molar-refractivity contribution in [1.29, 1.82) is 0 Å². The van der Waals surface area contributed by atoms with Gasteiger partial charge >= 0.3 is 0 Å². The second kappa shape index (κ2) is 6.86. The summed E-state index contributed by atoms with van der Waals surface area (Å²) < 4.78 is 5.55. The van der Waals surface area contributed by atoms with E-state index in [-0.39, 0.29) is 5.91 Å². The fourth-order valence-electron chi connectivity index (χ4n) is 1.71. The minimum atomic E-state index is -0.531. The van der Waals surface area contributed by atoms with Gasteiger partial charge in [0.05, 0.1) is 6.61 Å². The Morgan fingerprint density at radius 3 is 2.80 bits per heavy atom. The highest BCUT2D eigenvalue weighted by molar-refractivity contribution is 5.93. The molecule has 1 aromatic heterocycles. The highest BCUT2D eigenvalue weighted by Gasteiger charge is 2.14. The van der Waals surface area contributed by atoms with Crippen molar-refractivity contribution in [2.24, 2.45) is 0 Å². The first-order chi connectivity index (χ1) is 9.69. The molecule has 0 aliphatic carbocycles. The van der Waals surface area contributed by atoms with Crippen LogP contribution in [0.1, 0.15) is 25.1 Å². The lowest BCUT2D eigenvalue weighted by Crippen LogP contribution is -2.27. The summed E-state index contributed by atoms with van der Waals surface area (Å²) in [5, 5.41) is 9.59. The van der Waals surface area contributed by atoms with Gasteiger partial charge in [0, 0.05) is 11.8 Å². The lowest BCUT2D eigenvalue weighted by Gasteiger charge is -2.12. The molecule has 0 spiro atoms. The first-order valence-electron chi connectivity index (χ1n) is 6.69. The minimum absolute atomic E-state index is 0.199. The number of hydrogen-bond donors (Lipinski definition) is 2. The molecule has 1 heterocycles. The smallest absolute Gasteiger partial charge is 0.254 e. The number of aryl methyl sites for hydroxylation is 1. The lowest BCUT2D eigenvalue weighted by atomic mass is 10.2. The molecule has 0 aliphatic rings. The average molecular weight is 273 g/mol. The van der Waals surface area contributed by atoms with Crippen LogP contribution in [0.15, 0.2) is 36.4 Å². The van der Waals surface area contributed by atoms with Gasteiger partial charge in [-0.15, -0.1) is 0 Å². The van der Waals surface area contributed by atoms with E-state index >= 15 is 0 Å². The van der Waals surface area contributed by atoms with E-state index in [1.165, 1.54) is 0 Å². The molecule has 5 nitrogen and oxygen atoms in total. The Morgan fingerprint density at radius 1 is 1.40 bits per heavy atom. The van der Waals surface area contributed by atoms with Crippen molar-refractivity contribution < 1.29 is 9.53 Å². The number of ether oxygens (including phenoxy) is 1. The summed E-state index contributed by atoms with van der Waals surface area (Å²) >= 11 is 0. The van der Waals surface area contributed by atoms with Gasteiger partial charge in [0.2, 0.25) is 0 Å². The Bertz CT molecular complexity index is 551. The third-order valence-electron chi connectivity index (χ3n) is 2.98. The fourth-order valence-corrected chi connectivity index (χ4v) is 1.71. The molecule has 1 atom stereocenters. The predicted octanol–water partition coefficient (Wildman–Crippen LogP) is 2.52. The summed E-state index contributed by atoms with van der Waals surface area (Å²) in [4.78, 5) is 11.9. The van der Waals surface area contributed by atoms with Gasteiger partial charge in [-0.2, -0.15) is 5.10 Å². The Hall–Kier alpha value is -2.14. The molecule has 106 valence electrons. The summed E-state index contributed by atoms with van der Waals surface area (Å²) in [5.41, 5.74) is 2.03. The average Bonchev–Trinajstić information content (AvgIpc) is 2.93. The van der Waals surface area contributed by atoms with Gasteiger partial charge in [-0.25, -0.2) is 0 Å². The molecule has 1 amide bonds. The molecule has 20 heavy (non-hydrogen) atoms. The van der Waals surface area contributed by atoms with E-state index in [1.807, 2.05) is 43.3 Å². The first-order valence-corrected chi connectivity index (χ1v) is 6.69. The summed E-state index contributed by atoms with van der Waals surface area (Å²) in [5.74, 6) is 0.331. The number of rotatable bonds is 6. The molecule has 0 fully saturated rings. The van der Waals surface area contributed by atoms with Crippen LogP contribution < -0.4 is 5.32 Å². The monoisotopic (exact) mass is 273 g/mol. The molecule has 0 bridgehead atoms. The maximum atomic E-state index is 11.9. The minimum Gasteiger partial charge on any atom is -0.364 e. The molecule has 1 unspecified atom stereocenters. The molecule has 2 N–H and O–H groups in total. The maximum Gasteiger partial charge on any atom is 0.254 e. The maximum absolute atomic E-state index is 11.9. The molecule has 2 rings (SSSR count). The fraction of sp³-hybridized carbons (Fsp3) is 0.333. The third-order valence-corrected chi connectivity index (χ3v) is 2.98. The quantitative estimate of drug-likeness (QED) is 0.849. The van der Waals surface area contributed by atoms with Crippen LogP contribution in [0.2, 0.25) is 0 Å². The largest absolute Gasteiger partial charge is 0.364 e. The standard InChI is InChI=1S/C15H19N3O2/c1-3-13-9-14(18-17-13)16-15(19)11(2)20-10-12-7-5-4-6-8-12/h4-9,11H,3,10H2,1-2H3,(H2,16,17,18,19). The molecular formula is C15H19N3O2. The van der Waals surface area contributed by atoms with Gasteiger partial charge in [0.25, 0.3) is 5.91 Å². The van der Waals surface area contributed by atoms with Crippen LogP contribution in [-0.4, -0.2) is 22.2 Å². The van der Waals surface area contributed by atoms with Gasteiger partial charge in [0.1, 0.15) is 6.10 Å². The third kappa shape index (κ3) is 3.93. The van der Waals surface area contributed by atoms with Crippen molar-refractivity contribution in [3.05, 3.63) is 47.7 Å². The molecule has 0 saturated carbocycles. The van der Waals surface area contributed by atoms with E-state index in [4.69, 9.17) is 4.74 Å². The Kier molecular flexibility index (Phi) is 4.90. The van der Waals surface area contributed by atoms with Crippen molar-refractivity contribution in [3.63, 3.8) is 0 Å². The number of anilines is 1. The molecule has 0 radical (unpaired) electrons. The van der Waals surface area contributed by atoms with Crippen molar-refractivity contribution >= 4 is 11.7 Å². The number of carbonyl (C=O) groups is 1. The zero-order chi connectivity index (χ0) is 14.4. The highest BCUT2D eigenvalue weighted by atomic mass is 16.5. The normalized spacial score (nSPS) is 12.1. The zero-order valence-electron chi connectivity index (χ0n) is 11.7. The molecule has 2 aromatic rings. The Labute approximate surface area is 118 Å². The summed E-state index contributed by atoms with van der Waals surface area (Å²) in [6.07, 6.45) is 0.320. The van der Waals surface area contributed by atoms with Crippen LogP contribution in [0.5, 0.6) is 0 Å². The number of aromatic amines is 1. The molecule has 5 heteroatoms. The SMILES string of the molecule is CCc1cc(NC(=O)C(C)OCc2ccccc2)n[nH]1. The lowest BCUT2D eigenvalue weighted by molar-refractivity contribution is -0.127. The van der Waals surface area contributed by atoms with E-state index < -0.39 is 6.10 Å². The number of carbonyl (C=O) groups excluding carboxylic acids is 1. The van der Waals surface area contributed by atoms with Gasteiger partial charge < -0.3 is 10.1 Å². The van der Waals surface area contributed by atoms with Crippen molar-refractivity contribution in [2.45, 2.75) is 33.0 Å². The predicted molar refractivity (Wildman–Crippen MR) is 77.3 cm³/mol. The second-order valence-corrected chi connectivity index (χ2v) is 4.56. The van der Waals surface area contributed by atoms with Crippen LogP contribution in [-0.2, 0) is 22.6 Å². The van der Waals surface area contributed by atoms with Crippen LogP contribution in [0.4, 0.5) is 5.82 Å². The van der Waals surface area contributed by atoms with E-state index in [0.29, 0.717) is 12.4 Å². The van der Waals surface area contributed by atoms with Gasteiger partial charge in [-0.3, -0.25) is 9.89 Å². The van der Waals surface area contributed by atoms with Gasteiger partial charge in [-0.05, 0) is 18.9 Å². The van der Waals surface area contributed by atoms with Crippen molar-refractivity contribution in [1.82, 2.24) is 10.2 Å². The number of hydrogen-bond acceptors (Lipinski definition) is 3. The number of aromatic nitrogens is 2.